The Balaban J connectivity index is 1.59. The Morgan fingerprint density at radius 2 is 2.03 bits per heavy atom. The van der Waals surface area contributed by atoms with E-state index < -0.39 is 5.91 Å². The van der Waals surface area contributed by atoms with Crippen molar-refractivity contribution in [2.75, 3.05) is 25.1 Å². The molecule has 2 aromatic carbocycles. The van der Waals surface area contributed by atoms with Crippen LogP contribution in [0.1, 0.15) is 23.2 Å². The molecule has 29 heavy (non-hydrogen) atoms. The number of halogens is 3. The molecule has 1 fully saturated rings. The number of hydrogen-bond acceptors (Lipinski definition) is 4. The van der Waals surface area contributed by atoms with Crippen molar-refractivity contribution in [3.05, 3.63) is 56.5 Å². The van der Waals surface area contributed by atoms with Gasteiger partial charge in [0.05, 0.1) is 26.9 Å². The Kier molecular flexibility index (Phi) is 7.77. The number of hydrogen-bond donors (Lipinski definition) is 2. The fourth-order valence-electron chi connectivity index (χ4n) is 2.89. The minimum Gasteiger partial charge on any atom is -0.481 e. The second kappa shape index (κ2) is 10.3. The summed E-state index contributed by atoms with van der Waals surface area (Å²) in [6.45, 7) is 0.875. The zero-order valence-corrected chi connectivity index (χ0v) is 18.4. The van der Waals surface area contributed by atoms with Crippen molar-refractivity contribution >= 4 is 56.6 Å². The Labute approximate surface area is 187 Å². The van der Waals surface area contributed by atoms with Crippen molar-refractivity contribution < 1.29 is 19.1 Å². The van der Waals surface area contributed by atoms with Crippen LogP contribution in [0, 0.1) is 0 Å². The van der Waals surface area contributed by atoms with Crippen LogP contribution < -0.4 is 15.4 Å². The van der Waals surface area contributed by atoms with E-state index in [1.165, 1.54) is 6.07 Å². The second-order valence-electron chi connectivity index (χ2n) is 6.43. The third-order valence-corrected chi connectivity index (χ3v) is 5.36. The quantitative estimate of drug-likeness (QED) is 0.577. The molecule has 0 aliphatic carbocycles. The van der Waals surface area contributed by atoms with E-state index in [1.807, 2.05) is 0 Å². The number of carbonyl (C=O) groups excluding carboxylic acids is 2. The summed E-state index contributed by atoms with van der Waals surface area (Å²) in [6.07, 6.45) is 1.97. The molecule has 0 radical (unpaired) electrons. The van der Waals surface area contributed by atoms with Crippen LogP contribution in [0.2, 0.25) is 10.0 Å². The molecule has 0 aromatic heterocycles. The van der Waals surface area contributed by atoms with Gasteiger partial charge in [0.25, 0.3) is 11.8 Å². The molecule has 0 saturated carbocycles. The third-order valence-electron chi connectivity index (χ3n) is 4.27. The zero-order valence-electron chi connectivity index (χ0n) is 15.3. The maximum absolute atomic E-state index is 12.5. The fourth-order valence-corrected chi connectivity index (χ4v) is 4.26. The summed E-state index contributed by atoms with van der Waals surface area (Å²) in [5.41, 5.74) is 0.761. The molecule has 1 heterocycles. The summed E-state index contributed by atoms with van der Waals surface area (Å²) in [5.74, 6) is -0.392. The topological polar surface area (TPSA) is 76.7 Å². The van der Waals surface area contributed by atoms with Gasteiger partial charge in [0.2, 0.25) is 0 Å². The normalized spacial score (nSPS) is 15.8. The van der Waals surface area contributed by atoms with Crippen LogP contribution in [0.3, 0.4) is 0 Å². The maximum Gasteiger partial charge on any atom is 0.262 e. The minimum absolute atomic E-state index is 0.0386. The molecular formula is C20H19BrCl2N2O4. The number of benzene rings is 2. The summed E-state index contributed by atoms with van der Waals surface area (Å²) in [6, 6.07) is 9.92. The van der Waals surface area contributed by atoms with Crippen molar-refractivity contribution in [3.8, 4) is 5.75 Å². The third kappa shape index (κ3) is 6.09. The van der Waals surface area contributed by atoms with E-state index in [0.29, 0.717) is 33.0 Å². The first-order chi connectivity index (χ1) is 13.9. The smallest absolute Gasteiger partial charge is 0.262 e. The molecule has 1 unspecified atom stereocenters. The van der Waals surface area contributed by atoms with E-state index in [9.17, 15) is 9.59 Å². The van der Waals surface area contributed by atoms with Crippen LogP contribution >= 0.6 is 39.1 Å². The van der Waals surface area contributed by atoms with Gasteiger partial charge in [0.15, 0.2) is 12.4 Å². The number of rotatable bonds is 7. The van der Waals surface area contributed by atoms with Crippen molar-refractivity contribution in [3.63, 3.8) is 0 Å². The van der Waals surface area contributed by atoms with Gasteiger partial charge in [-0.15, -0.1) is 0 Å². The molecule has 0 bridgehead atoms. The fraction of sp³-hybridized carbons (Fsp3) is 0.300. The number of anilines is 1. The highest BCUT2D eigenvalue weighted by molar-refractivity contribution is 9.10. The first-order valence-corrected chi connectivity index (χ1v) is 10.5. The Hall–Kier alpha value is -1.80. The largest absolute Gasteiger partial charge is 0.481 e. The monoisotopic (exact) mass is 500 g/mol. The van der Waals surface area contributed by atoms with E-state index in [-0.39, 0.29) is 23.6 Å². The van der Waals surface area contributed by atoms with Gasteiger partial charge in [-0.2, -0.15) is 0 Å². The molecule has 1 aliphatic heterocycles. The molecule has 9 heteroatoms. The predicted octanol–water partition coefficient (Wildman–Crippen LogP) is 4.68. The summed E-state index contributed by atoms with van der Waals surface area (Å²) in [4.78, 5) is 24.9. The SMILES string of the molecule is O=C(COc1c(Cl)cc(Cl)cc1Br)Nc1ccccc1C(=O)NCC1CCCO1. The van der Waals surface area contributed by atoms with Crippen LogP contribution in [0.5, 0.6) is 5.75 Å². The van der Waals surface area contributed by atoms with E-state index in [4.69, 9.17) is 32.7 Å². The lowest BCUT2D eigenvalue weighted by atomic mass is 10.1. The van der Waals surface area contributed by atoms with Gasteiger partial charge < -0.3 is 20.1 Å². The summed E-state index contributed by atoms with van der Waals surface area (Å²) in [7, 11) is 0. The number of amides is 2. The lowest BCUT2D eigenvalue weighted by molar-refractivity contribution is -0.118. The van der Waals surface area contributed by atoms with Gasteiger partial charge in [0, 0.05) is 18.2 Å². The van der Waals surface area contributed by atoms with Crippen LogP contribution in [0.15, 0.2) is 40.9 Å². The molecule has 2 N–H and O–H groups in total. The highest BCUT2D eigenvalue weighted by atomic mass is 79.9. The number of nitrogens with one attached hydrogen (secondary N) is 2. The molecule has 1 saturated heterocycles. The van der Waals surface area contributed by atoms with Crippen molar-refractivity contribution in [2.24, 2.45) is 0 Å². The standard InChI is InChI=1S/C20H19BrCl2N2O4/c21-15-8-12(22)9-16(23)19(15)29-11-18(26)25-17-6-2-1-5-14(17)20(27)24-10-13-4-3-7-28-13/h1-2,5-6,8-9,13H,3-4,7,10-11H2,(H,24,27)(H,25,26). The molecule has 1 aliphatic rings. The Morgan fingerprint density at radius 1 is 1.24 bits per heavy atom. The molecule has 0 spiro atoms. The molecule has 2 amide bonds. The molecule has 1 atom stereocenters. The number of ether oxygens (including phenoxy) is 2. The average molecular weight is 502 g/mol. The average Bonchev–Trinajstić information content (AvgIpc) is 3.19. The van der Waals surface area contributed by atoms with Gasteiger partial charge in [-0.25, -0.2) is 0 Å². The van der Waals surface area contributed by atoms with Gasteiger partial charge in [0.1, 0.15) is 0 Å². The predicted molar refractivity (Wildman–Crippen MR) is 116 cm³/mol. The summed E-state index contributed by atoms with van der Waals surface area (Å²) < 4.78 is 11.6. The van der Waals surface area contributed by atoms with Crippen LogP contribution in [-0.4, -0.2) is 37.7 Å². The van der Waals surface area contributed by atoms with Crippen molar-refractivity contribution in [2.45, 2.75) is 18.9 Å². The van der Waals surface area contributed by atoms with Crippen molar-refractivity contribution in [1.29, 1.82) is 0 Å². The first kappa shape index (κ1) is 21.9. The first-order valence-electron chi connectivity index (χ1n) is 9.00. The molecule has 3 rings (SSSR count). The zero-order chi connectivity index (χ0) is 20.8. The molecule has 154 valence electrons. The summed E-state index contributed by atoms with van der Waals surface area (Å²) >= 11 is 15.3. The minimum atomic E-state index is -0.428. The van der Waals surface area contributed by atoms with E-state index in [1.54, 1.807) is 30.3 Å². The van der Waals surface area contributed by atoms with Crippen molar-refractivity contribution in [1.82, 2.24) is 5.32 Å². The highest BCUT2D eigenvalue weighted by Crippen LogP contribution is 2.36. The van der Waals surface area contributed by atoms with Gasteiger partial charge in [-0.1, -0.05) is 35.3 Å². The van der Waals surface area contributed by atoms with Crippen LogP contribution in [0.25, 0.3) is 0 Å². The van der Waals surface area contributed by atoms with Gasteiger partial charge >= 0.3 is 0 Å². The Morgan fingerprint density at radius 3 is 2.76 bits per heavy atom. The van der Waals surface area contributed by atoms with Crippen LogP contribution in [0.4, 0.5) is 5.69 Å². The van der Waals surface area contributed by atoms with Gasteiger partial charge in [-0.05, 0) is 53.0 Å². The molecule has 6 nitrogen and oxygen atoms in total. The van der Waals surface area contributed by atoms with E-state index in [0.717, 1.165) is 19.4 Å². The molecular weight excluding hydrogens is 483 g/mol. The lowest BCUT2D eigenvalue weighted by Gasteiger charge is -2.14. The lowest BCUT2D eigenvalue weighted by Crippen LogP contribution is -2.32. The number of carbonyl (C=O) groups is 2. The van der Waals surface area contributed by atoms with Crippen LogP contribution in [-0.2, 0) is 9.53 Å². The molecule has 2 aromatic rings. The second-order valence-corrected chi connectivity index (χ2v) is 8.12. The van der Waals surface area contributed by atoms with E-state index >= 15 is 0 Å². The summed E-state index contributed by atoms with van der Waals surface area (Å²) in [5, 5.41) is 6.28. The van der Waals surface area contributed by atoms with Gasteiger partial charge in [-0.3, -0.25) is 9.59 Å². The number of para-hydroxylation sites is 1. The maximum atomic E-state index is 12.5. The Bertz CT molecular complexity index is 881. The van der Waals surface area contributed by atoms with E-state index in [2.05, 4.69) is 26.6 Å². The highest BCUT2D eigenvalue weighted by Gasteiger charge is 2.19.